The number of rotatable bonds is 15. The number of unbranched alkanes of at least 4 members (excludes halogenated alkanes) is 2. The van der Waals surface area contributed by atoms with Gasteiger partial charge in [0.25, 0.3) is 0 Å². The lowest BCUT2D eigenvalue weighted by molar-refractivity contribution is 0.0669. The Morgan fingerprint density at radius 1 is 1.07 bits per heavy atom. The highest BCUT2D eigenvalue weighted by molar-refractivity contribution is 6.35. The second-order valence-corrected chi connectivity index (χ2v) is 10.4. The SMILES string of the molecule is CCCCCOc1cc(N2CC[C@H](C)N(Cc3ccnc4c3c(Cl)cn4CCOCCOC)C2=O)ccc1OC. The molecule has 4 rings (SSSR count). The number of methoxy groups -OCH3 is 2. The highest BCUT2D eigenvalue weighted by atomic mass is 35.5. The molecule has 3 aromatic rings. The number of anilines is 1. The Kier molecular flexibility index (Phi) is 10.9. The number of hydrogen-bond donors (Lipinski definition) is 0. The molecular formula is C30H41ClN4O5. The topological polar surface area (TPSA) is 78.3 Å². The molecule has 9 nitrogen and oxygen atoms in total. The molecule has 0 N–H and O–H groups in total. The Hall–Kier alpha value is -3.01. The van der Waals surface area contributed by atoms with Crippen molar-refractivity contribution in [2.75, 3.05) is 52.1 Å². The number of halogens is 1. The van der Waals surface area contributed by atoms with E-state index in [0.717, 1.165) is 48.0 Å². The van der Waals surface area contributed by atoms with E-state index in [9.17, 15) is 4.79 Å². The standard InChI is InChI=1S/C30H41ClN4O5/c1-5-6-7-15-40-27-19-24(8-9-26(27)38-4)34-13-11-22(2)35(30(34)36)20-23-10-12-32-29-28(23)25(31)21-33(29)14-16-39-18-17-37-3/h8-10,12,19,21-22H,5-7,11,13-18,20H2,1-4H3/t22-/m0/s1. The van der Waals surface area contributed by atoms with Crippen molar-refractivity contribution in [2.45, 2.75) is 58.7 Å². The van der Waals surface area contributed by atoms with Crippen molar-refractivity contribution in [3.8, 4) is 11.5 Å². The van der Waals surface area contributed by atoms with Gasteiger partial charge in [-0.05, 0) is 43.5 Å². The molecule has 1 saturated heterocycles. The molecule has 2 amide bonds. The first-order valence-corrected chi connectivity index (χ1v) is 14.4. The third-order valence-electron chi connectivity index (χ3n) is 7.29. The number of ether oxygens (including phenoxy) is 4. The zero-order chi connectivity index (χ0) is 28.5. The molecule has 0 aliphatic carbocycles. The van der Waals surface area contributed by atoms with Crippen molar-refractivity contribution in [3.05, 3.63) is 47.2 Å². The van der Waals surface area contributed by atoms with Crippen LogP contribution in [0.1, 0.15) is 45.1 Å². The largest absolute Gasteiger partial charge is 0.493 e. The van der Waals surface area contributed by atoms with E-state index in [1.807, 2.05) is 44.8 Å². The monoisotopic (exact) mass is 572 g/mol. The van der Waals surface area contributed by atoms with E-state index in [1.54, 1.807) is 20.4 Å². The highest BCUT2D eigenvalue weighted by Crippen LogP contribution is 2.35. The van der Waals surface area contributed by atoms with Crippen molar-refractivity contribution < 1.29 is 23.7 Å². The van der Waals surface area contributed by atoms with Crippen LogP contribution in [0.2, 0.25) is 5.02 Å². The normalized spacial score (nSPS) is 15.7. The fraction of sp³-hybridized carbons (Fsp3) is 0.533. The van der Waals surface area contributed by atoms with Crippen LogP contribution < -0.4 is 14.4 Å². The lowest BCUT2D eigenvalue weighted by atomic mass is 10.1. The second-order valence-electron chi connectivity index (χ2n) is 10.0. The van der Waals surface area contributed by atoms with Gasteiger partial charge in [-0.15, -0.1) is 0 Å². The number of urea groups is 1. The van der Waals surface area contributed by atoms with Gasteiger partial charge in [0.2, 0.25) is 0 Å². The van der Waals surface area contributed by atoms with Crippen molar-refractivity contribution in [1.29, 1.82) is 0 Å². The van der Waals surface area contributed by atoms with E-state index >= 15 is 0 Å². The van der Waals surface area contributed by atoms with Crippen LogP contribution in [0.4, 0.5) is 10.5 Å². The molecule has 1 aromatic carbocycles. The Bertz CT molecular complexity index is 1270. The number of hydrogen-bond acceptors (Lipinski definition) is 6. The van der Waals surface area contributed by atoms with Crippen LogP contribution in [0.15, 0.2) is 36.7 Å². The van der Waals surface area contributed by atoms with E-state index in [-0.39, 0.29) is 12.1 Å². The molecule has 0 radical (unpaired) electrons. The van der Waals surface area contributed by atoms with Crippen LogP contribution in [0, 0.1) is 0 Å². The van der Waals surface area contributed by atoms with Gasteiger partial charge in [0.05, 0.1) is 38.6 Å². The maximum atomic E-state index is 13.9. The van der Waals surface area contributed by atoms with E-state index in [0.29, 0.717) is 62.6 Å². The van der Waals surface area contributed by atoms with Crippen LogP contribution in [0.3, 0.4) is 0 Å². The average Bonchev–Trinajstić information content (AvgIpc) is 3.29. The first-order chi connectivity index (χ1) is 19.5. The number of carbonyl (C=O) groups is 1. The first-order valence-electron chi connectivity index (χ1n) is 14.1. The number of nitrogens with zero attached hydrogens (tertiary/aromatic N) is 4. The van der Waals surface area contributed by atoms with Crippen LogP contribution in [0.25, 0.3) is 11.0 Å². The van der Waals surface area contributed by atoms with Gasteiger partial charge in [-0.1, -0.05) is 31.4 Å². The zero-order valence-electron chi connectivity index (χ0n) is 24.0. The smallest absolute Gasteiger partial charge is 0.325 e. The van der Waals surface area contributed by atoms with E-state index in [4.69, 9.17) is 30.5 Å². The molecule has 1 aliphatic rings. The summed E-state index contributed by atoms with van der Waals surface area (Å²) in [6, 6.07) is 7.67. The van der Waals surface area contributed by atoms with Gasteiger partial charge < -0.3 is 28.4 Å². The Morgan fingerprint density at radius 3 is 2.70 bits per heavy atom. The molecule has 1 atom stereocenters. The summed E-state index contributed by atoms with van der Waals surface area (Å²) in [5.41, 5.74) is 2.54. The van der Waals surface area contributed by atoms with Gasteiger partial charge in [-0.3, -0.25) is 4.90 Å². The Labute approximate surface area is 241 Å². The lowest BCUT2D eigenvalue weighted by Crippen LogP contribution is -2.53. The summed E-state index contributed by atoms with van der Waals surface area (Å²) in [5, 5.41) is 1.48. The van der Waals surface area contributed by atoms with Gasteiger partial charge in [0.15, 0.2) is 11.5 Å². The minimum atomic E-state index is -0.0482. The van der Waals surface area contributed by atoms with Crippen molar-refractivity contribution in [1.82, 2.24) is 14.5 Å². The summed E-state index contributed by atoms with van der Waals surface area (Å²) < 4.78 is 24.2. The average molecular weight is 573 g/mol. The fourth-order valence-corrected chi connectivity index (χ4v) is 5.30. The molecule has 0 unspecified atom stereocenters. The summed E-state index contributed by atoms with van der Waals surface area (Å²) >= 11 is 6.71. The van der Waals surface area contributed by atoms with Crippen LogP contribution in [-0.4, -0.2) is 73.7 Å². The third kappa shape index (κ3) is 7.00. The molecule has 2 aromatic heterocycles. The van der Waals surface area contributed by atoms with Crippen LogP contribution in [-0.2, 0) is 22.6 Å². The molecule has 1 aliphatic heterocycles. The van der Waals surface area contributed by atoms with Gasteiger partial charge in [0, 0.05) is 62.3 Å². The first kappa shape index (κ1) is 30.0. The van der Waals surface area contributed by atoms with Gasteiger partial charge in [-0.25, -0.2) is 9.78 Å². The van der Waals surface area contributed by atoms with Gasteiger partial charge >= 0.3 is 6.03 Å². The number of carbonyl (C=O) groups excluding carboxylic acids is 1. The maximum absolute atomic E-state index is 13.9. The quantitative estimate of drug-likeness (QED) is 0.203. The predicted molar refractivity (Wildman–Crippen MR) is 158 cm³/mol. The predicted octanol–water partition coefficient (Wildman–Crippen LogP) is 6.15. The lowest BCUT2D eigenvalue weighted by Gasteiger charge is -2.40. The number of amides is 2. The summed E-state index contributed by atoms with van der Waals surface area (Å²) in [5.74, 6) is 1.32. The molecule has 0 spiro atoms. The fourth-order valence-electron chi connectivity index (χ4n) is 4.98. The minimum absolute atomic E-state index is 0.0482. The summed E-state index contributed by atoms with van der Waals surface area (Å²) in [6.07, 6.45) is 7.71. The number of fused-ring (bicyclic) bond motifs is 1. The summed E-state index contributed by atoms with van der Waals surface area (Å²) in [7, 11) is 3.28. The molecule has 40 heavy (non-hydrogen) atoms. The number of benzene rings is 1. The number of pyridine rings is 1. The maximum Gasteiger partial charge on any atom is 0.325 e. The minimum Gasteiger partial charge on any atom is -0.493 e. The highest BCUT2D eigenvalue weighted by Gasteiger charge is 2.33. The van der Waals surface area contributed by atoms with E-state index < -0.39 is 0 Å². The Balaban J connectivity index is 1.52. The molecule has 218 valence electrons. The third-order valence-corrected chi connectivity index (χ3v) is 7.58. The molecule has 1 fully saturated rings. The second kappa shape index (κ2) is 14.6. The number of aromatic nitrogens is 2. The van der Waals surface area contributed by atoms with Crippen LogP contribution >= 0.6 is 11.6 Å². The van der Waals surface area contributed by atoms with E-state index in [2.05, 4.69) is 18.8 Å². The van der Waals surface area contributed by atoms with Gasteiger partial charge in [0.1, 0.15) is 5.65 Å². The molecule has 0 bridgehead atoms. The molecule has 10 heteroatoms. The van der Waals surface area contributed by atoms with Crippen molar-refractivity contribution in [2.24, 2.45) is 0 Å². The molecule has 0 saturated carbocycles. The van der Waals surface area contributed by atoms with Crippen LogP contribution in [0.5, 0.6) is 11.5 Å². The Morgan fingerprint density at radius 2 is 1.93 bits per heavy atom. The summed E-state index contributed by atoms with van der Waals surface area (Å²) in [6.45, 7) is 8.17. The van der Waals surface area contributed by atoms with E-state index in [1.165, 1.54) is 0 Å². The molecule has 3 heterocycles. The van der Waals surface area contributed by atoms with Crippen molar-refractivity contribution >= 4 is 34.4 Å². The van der Waals surface area contributed by atoms with Crippen molar-refractivity contribution in [3.63, 3.8) is 0 Å². The zero-order valence-corrected chi connectivity index (χ0v) is 24.8. The van der Waals surface area contributed by atoms with Gasteiger partial charge in [-0.2, -0.15) is 0 Å². The molecular weight excluding hydrogens is 532 g/mol. The summed E-state index contributed by atoms with van der Waals surface area (Å²) in [4.78, 5) is 22.2.